The van der Waals surface area contributed by atoms with Crippen LogP contribution in [0.5, 0.6) is 0 Å². The maximum atomic E-state index is 11.8. The molecule has 0 unspecified atom stereocenters. The fourth-order valence-electron chi connectivity index (χ4n) is 1.31. The molecule has 0 saturated carbocycles. The van der Waals surface area contributed by atoms with Crippen LogP contribution < -0.4 is 0 Å². The monoisotopic (exact) mass is 269 g/mol. The zero-order valence-electron chi connectivity index (χ0n) is 10.3. The molecule has 0 heterocycles. The van der Waals surface area contributed by atoms with Gasteiger partial charge in [-0.1, -0.05) is 18.7 Å². The lowest BCUT2D eigenvalue weighted by Crippen LogP contribution is -2.22. The van der Waals surface area contributed by atoms with Crippen molar-refractivity contribution in [2.75, 3.05) is 14.1 Å². The third kappa shape index (κ3) is 3.18. The van der Waals surface area contributed by atoms with Crippen LogP contribution in [0.1, 0.15) is 5.56 Å². The van der Waals surface area contributed by atoms with Crippen molar-refractivity contribution < 1.29 is 18.3 Å². The van der Waals surface area contributed by atoms with E-state index in [0.717, 1.165) is 4.31 Å². The van der Waals surface area contributed by atoms with Crippen molar-refractivity contribution in [3.05, 3.63) is 42.0 Å². The van der Waals surface area contributed by atoms with Gasteiger partial charge in [0.05, 0.1) is 4.90 Å². The molecule has 0 aliphatic heterocycles. The van der Waals surface area contributed by atoms with E-state index in [4.69, 9.17) is 5.11 Å². The number of benzene rings is 1. The second-order valence-electron chi connectivity index (χ2n) is 4.02. The fourth-order valence-corrected chi connectivity index (χ4v) is 2.21. The van der Waals surface area contributed by atoms with Crippen LogP contribution in [0.2, 0.25) is 0 Å². The van der Waals surface area contributed by atoms with Gasteiger partial charge in [-0.15, -0.1) is 0 Å². The highest BCUT2D eigenvalue weighted by atomic mass is 32.2. The van der Waals surface area contributed by atoms with Gasteiger partial charge in [-0.3, -0.25) is 0 Å². The zero-order chi connectivity index (χ0) is 13.9. The molecule has 5 nitrogen and oxygen atoms in total. The van der Waals surface area contributed by atoms with Gasteiger partial charge in [0.1, 0.15) is 0 Å². The zero-order valence-corrected chi connectivity index (χ0v) is 11.1. The van der Waals surface area contributed by atoms with E-state index in [1.165, 1.54) is 26.2 Å². The van der Waals surface area contributed by atoms with Crippen LogP contribution in [-0.4, -0.2) is 37.9 Å². The second kappa shape index (κ2) is 5.32. The molecule has 1 N–H and O–H groups in total. The summed E-state index contributed by atoms with van der Waals surface area (Å²) in [6.07, 6.45) is 0.192. The number of carboxylic acid groups (broad SMARTS) is 1. The predicted molar refractivity (Wildman–Crippen MR) is 67.8 cm³/mol. The molecule has 0 saturated heterocycles. The molecule has 98 valence electrons. The van der Waals surface area contributed by atoms with Gasteiger partial charge in [0.25, 0.3) is 0 Å². The van der Waals surface area contributed by atoms with Crippen LogP contribution in [0.15, 0.2) is 41.3 Å². The molecule has 0 aliphatic rings. The molecule has 0 aliphatic carbocycles. The van der Waals surface area contributed by atoms with Gasteiger partial charge >= 0.3 is 5.97 Å². The Labute approximate surface area is 106 Å². The molecular formula is C12H15NO4S. The molecule has 0 radical (unpaired) electrons. The highest BCUT2D eigenvalue weighted by Gasteiger charge is 2.16. The van der Waals surface area contributed by atoms with Gasteiger partial charge < -0.3 is 5.11 Å². The van der Waals surface area contributed by atoms with E-state index in [1.807, 2.05) is 0 Å². The molecule has 0 fully saturated rings. The van der Waals surface area contributed by atoms with E-state index in [9.17, 15) is 13.2 Å². The predicted octanol–water partition coefficient (Wildman–Crippen LogP) is 1.12. The molecule has 1 rings (SSSR count). The minimum absolute atomic E-state index is 0.0678. The van der Waals surface area contributed by atoms with Crippen molar-refractivity contribution in [3.63, 3.8) is 0 Å². The number of sulfonamides is 1. The summed E-state index contributed by atoms with van der Waals surface area (Å²) in [5.41, 5.74) is 0.776. The number of aliphatic carboxylic acids is 1. The summed E-state index contributed by atoms with van der Waals surface area (Å²) in [6.45, 7) is 3.42. The van der Waals surface area contributed by atoms with Crippen LogP contribution in [-0.2, 0) is 21.2 Å². The van der Waals surface area contributed by atoms with E-state index >= 15 is 0 Å². The highest BCUT2D eigenvalue weighted by Crippen LogP contribution is 2.15. The number of carboxylic acids is 1. The Balaban J connectivity index is 2.94. The average Bonchev–Trinajstić information content (AvgIpc) is 2.29. The molecule has 0 aromatic heterocycles. The second-order valence-corrected chi connectivity index (χ2v) is 6.17. The van der Waals surface area contributed by atoms with E-state index in [1.54, 1.807) is 12.1 Å². The summed E-state index contributed by atoms with van der Waals surface area (Å²) in [4.78, 5) is 10.8. The van der Waals surface area contributed by atoms with E-state index < -0.39 is 16.0 Å². The van der Waals surface area contributed by atoms with Crippen molar-refractivity contribution in [1.82, 2.24) is 4.31 Å². The van der Waals surface area contributed by atoms with Gasteiger partial charge in [-0.25, -0.2) is 17.5 Å². The Morgan fingerprint density at radius 2 is 1.78 bits per heavy atom. The van der Waals surface area contributed by atoms with Crippen LogP contribution in [0.3, 0.4) is 0 Å². The standard InChI is InChI=1S/C12H15NO4S/c1-9(12(14)15)8-10-4-6-11(7-5-10)18(16,17)13(2)3/h4-7H,1,8H2,2-3H3,(H,14,15). The van der Waals surface area contributed by atoms with Gasteiger partial charge in [0, 0.05) is 26.1 Å². The summed E-state index contributed by atoms with van der Waals surface area (Å²) in [5.74, 6) is -1.06. The largest absolute Gasteiger partial charge is 0.478 e. The molecule has 0 amide bonds. The minimum atomic E-state index is -3.44. The van der Waals surface area contributed by atoms with Gasteiger partial charge in [-0.05, 0) is 17.7 Å². The Morgan fingerprint density at radius 3 is 2.17 bits per heavy atom. The summed E-state index contributed by atoms with van der Waals surface area (Å²) < 4.78 is 24.7. The maximum Gasteiger partial charge on any atom is 0.331 e. The molecule has 0 spiro atoms. The third-order valence-electron chi connectivity index (χ3n) is 2.42. The molecular weight excluding hydrogens is 254 g/mol. The molecule has 1 aromatic carbocycles. The molecule has 6 heteroatoms. The molecule has 1 aromatic rings. The highest BCUT2D eigenvalue weighted by molar-refractivity contribution is 7.89. The van der Waals surface area contributed by atoms with Crippen molar-refractivity contribution in [2.45, 2.75) is 11.3 Å². The van der Waals surface area contributed by atoms with Gasteiger partial charge in [0.2, 0.25) is 10.0 Å². The van der Waals surface area contributed by atoms with Crippen LogP contribution in [0.25, 0.3) is 0 Å². The first-order valence-electron chi connectivity index (χ1n) is 5.17. The van der Waals surface area contributed by atoms with Crippen molar-refractivity contribution in [2.24, 2.45) is 0 Å². The van der Waals surface area contributed by atoms with Gasteiger partial charge in [-0.2, -0.15) is 0 Å². The quantitative estimate of drug-likeness (QED) is 0.813. The lowest BCUT2D eigenvalue weighted by atomic mass is 10.1. The average molecular weight is 269 g/mol. The van der Waals surface area contributed by atoms with Crippen molar-refractivity contribution in [3.8, 4) is 0 Å². The lowest BCUT2D eigenvalue weighted by molar-refractivity contribution is -0.132. The number of rotatable bonds is 5. The first-order valence-corrected chi connectivity index (χ1v) is 6.61. The topological polar surface area (TPSA) is 74.7 Å². The maximum absolute atomic E-state index is 11.8. The van der Waals surface area contributed by atoms with E-state index in [-0.39, 0.29) is 16.9 Å². The van der Waals surface area contributed by atoms with E-state index in [0.29, 0.717) is 5.56 Å². The first-order chi connectivity index (χ1) is 8.25. The van der Waals surface area contributed by atoms with Gasteiger partial charge in [0.15, 0.2) is 0 Å². The van der Waals surface area contributed by atoms with Crippen LogP contribution in [0, 0.1) is 0 Å². The Kier molecular flexibility index (Phi) is 4.26. The Bertz CT molecular complexity index is 558. The fraction of sp³-hybridized carbons (Fsp3) is 0.250. The number of nitrogens with zero attached hydrogens (tertiary/aromatic N) is 1. The van der Waals surface area contributed by atoms with Crippen LogP contribution in [0.4, 0.5) is 0 Å². The summed E-state index contributed by atoms with van der Waals surface area (Å²) in [5, 5.41) is 8.70. The van der Waals surface area contributed by atoms with Crippen molar-refractivity contribution >= 4 is 16.0 Å². The Morgan fingerprint density at radius 1 is 1.28 bits per heavy atom. The summed E-state index contributed by atoms with van der Waals surface area (Å²) >= 11 is 0. The number of carbonyl (C=O) groups is 1. The SMILES string of the molecule is C=C(Cc1ccc(S(=O)(=O)N(C)C)cc1)C(=O)O. The smallest absolute Gasteiger partial charge is 0.331 e. The first kappa shape index (κ1) is 14.4. The number of hydrogen-bond donors (Lipinski definition) is 1. The minimum Gasteiger partial charge on any atom is -0.478 e. The third-order valence-corrected chi connectivity index (χ3v) is 4.25. The number of hydrogen-bond acceptors (Lipinski definition) is 3. The molecule has 18 heavy (non-hydrogen) atoms. The lowest BCUT2D eigenvalue weighted by Gasteiger charge is -2.11. The molecule has 0 bridgehead atoms. The normalized spacial score (nSPS) is 11.5. The summed E-state index contributed by atoms with van der Waals surface area (Å²) in [6, 6.07) is 6.09. The Hall–Kier alpha value is -1.66. The van der Waals surface area contributed by atoms with E-state index in [2.05, 4.69) is 6.58 Å². The molecule has 0 atom stereocenters. The van der Waals surface area contributed by atoms with Crippen molar-refractivity contribution in [1.29, 1.82) is 0 Å². The summed E-state index contributed by atoms with van der Waals surface area (Å²) in [7, 11) is -0.536. The van der Waals surface area contributed by atoms with Crippen LogP contribution >= 0.6 is 0 Å².